The van der Waals surface area contributed by atoms with Crippen LogP contribution in [0.25, 0.3) is 0 Å². The second kappa shape index (κ2) is 13.0. The van der Waals surface area contributed by atoms with Crippen molar-refractivity contribution < 1.29 is 28.7 Å². The lowest BCUT2D eigenvalue weighted by Gasteiger charge is -2.31. The fraction of sp³-hybridized carbons (Fsp3) is 0.467. The Kier molecular flexibility index (Phi) is 9.42. The fourth-order valence-corrected chi connectivity index (χ4v) is 5.16. The molecule has 2 aliphatic rings. The Morgan fingerprint density at radius 1 is 1.05 bits per heavy atom. The molecule has 2 aliphatic heterocycles. The van der Waals surface area contributed by atoms with Crippen molar-refractivity contribution in [1.82, 2.24) is 20.9 Å². The van der Waals surface area contributed by atoms with Crippen molar-refractivity contribution in [3.8, 4) is 5.75 Å². The van der Waals surface area contributed by atoms with Gasteiger partial charge in [0.05, 0.1) is 30.7 Å². The molecule has 0 spiro atoms. The summed E-state index contributed by atoms with van der Waals surface area (Å²) < 4.78 is 11.4. The Bertz CT molecular complexity index is 1220. The predicted molar refractivity (Wildman–Crippen MR) is 149 cm³/mol. The van der Waals surface area contributed by atoms with Crippen LogP contribution in [0.15, 0.2) is 54.6 Å². The topological polar surface area (TPSA) is 126 Å². The van der Waals surface area contributed by atoms with Crippen molar-refractivity contribution in [1.29, 1.82) is 0 Å². The maximum atomic E-state index is 13.6. The van der Waals surface area contributed by atoms with Gasteiger partial charge in [0.2, 0.25) is 17.7 Å². The van der Waals surface area contributed by atoms with E-state index < -0.39 is 29.4 Å². The van der Waals surface area contributed by atoms with Gasteiger partial charge in [-0.15, -0.1) is 0 Å². The molecule has 4 amide bonds. The van der Waals surface area contributed by atoms with Gasteiger partial charge in [-0.2, -0.15) is 0 Å². The molecule has 10 nitrogen and oxygen atoms in total. The number of ether oxygens (including phenoxy) is 2. The average Bonchev–Trinajstić information content (AvgIpc) is 3.39. The summed E-state index contributed by atoms with van der Waals surface area (Å²) in [6.45, 7) is 4.17. The van der Waals surface area contributed by atoms with E-state index in [0.717, 1.165) is 18.4 Å². The van der Waals surface area contributed by atoms with Gasteiger partial charge in [-0.05, 0) is 50.8 Å². The van der Waals surface area contributed by atoms with Crippen molar-refractivity contribution in [3.05, 3.63) is 65.7 Å². The van der Waals surface area contributed by atoms with Crippen LogP contribution in [0.1, 0.15) is 49.0 Å². The van der Waals surface area contributed by atoms with E-state index in [1.54, 1.807) is 50.1 Å². The van der Waals surface area contributed by atoms with Crippen molar-refractivity contribution in [2.24, 2.45) is 0 Å². The number of hydrogen-bond donors (Lipinski definition) is 3. The van der Waals surface area contributed by atoms with E-state index in [9.17, 15) is 19.2 Å². The SMILES string of the molecule is COC[C@@H]1CCCN1C(=O)[C@@H]1CC(=O)NC(C)(C)C(=O)N[C@H](Cc2ccccc2)COc2ccccc2C(=O)N1. The zero-order valence-corrected chi connectivity index (χ0v) is 23.3. The highest BCUT2D eigenvalue weighted by molar-refractivity contribution is 6.01. The van der Waals surface area contributed by atoms with Crippen LogP contribution in [0.3, 0.4) is 0 Å². The minimum absolute atomic E-state index is 0.0871. The molecule has 40 heavy (non-hydrogen) atoms. The third-order valence-electron chi connectivity index (χ3n) is 7.26. The highest BCUT2D eigenvalue weighted by Crippen LogP contribution is 2.22. The van der Waals surface area contributed by atoms with Crippen molar-refractivity contribution in [2.75, 3.05) is 26.9 Å². The van der Waals surface area contributed by atoms with E-state index in [4.69, 9.17) is 9.47 Å². The molecule has 3 atom stereocenters. The molecular formula is C30H38N4O6. The number of para-hydroxylation sites is 1. The minimum Gasteiger partial charge on any atom is -0.491 e. The number of likely N-dealkylation sites (tertiary alicyclic amines) is 1. The van der Waals surface area contributed by atoms with Crippen LogP contribution in [0.5, 0.6) is 5.75 Å². The van der Waals surface area contributed by atoms with E-state index in [2.05, 4.69) is 16.0 Å². The molecule has 214 valence electrons. The van der Waals surface area contributed by atoms with Crippen LogP contribution in [-0.4, -0.2) is 79.1 Å². The van der Waals surface area contributed by atoms with Gasteiger partial charge in [0, 0.05) is 13.7 Å². The Hall–Kier alpha value is -3.92. The summed E-state index contributed by atoms with van der Waals surface area (Å²) in [5.41, 5.74) is -0.0455. The number of hydrogen-bond acceptors (Lipinski definition) is 6. The molecule has 0 radical (unpaired) electrons. The van der Waals surface area contributed by atoms with Gasteiger partial charge in [0.1, 0.15) is 23.9 Å². The second-order valence-electron chi connectivity index (χ2n) is 10.9. The molecule has 2 heterocycles. The summed E-state index contributed by atoms with van der Waals surface area (Å²) in [6, 6.07) is 14.7. The number of fused-ring (bicyclic) bond motifs is 1. The normalized spacial score (nSPS) is 23.6. The minimum atomic E-state index is -1.28. The molecule has 0 unspecified atom stereocenters. The van der Waals surface area contributed by atoms with Crippen LogP contribution in [0, 0.1) is 0 Å². The number of methoxy groups -OCH3 is 1. The van der Waals surface area contributed by atoms with Gasteiger partial charge in [-0.25, -0.2) is 0 Å². The van der Waals surface area contributed by atoms with Gasteiger partial charge in [0.15, 0.2) is 0 Å². The van der Waals surface area contributed by atoms with E-state index in [-0.39, 0.29) is 36.4 Å². The van der Waals surface area contributed by atoms with E-state index in [0.29, 0.717) is 25.3 Å². The largest absolute Gasteiger partial charge is 0.491 e. The first kappa shape index (κ1) is 29.1. The molecule has 2 aromatic carbocycles. The summed E-state index contributed by atoms with van der Waals surface area (Å²) in [5, 5.41) is 8.53. The molecule has 10 heteroatoms. The smallest absolute Gasteiger partial charge is 0.255 e. The third kappa shape index (κ3) is 7.18. The number of carbonyl (C=O) groups is 4. The summed E-state index contributed by atoms with van der Waals surface area (Å²) in [5.74, 6) is -1.48. The van der Waals surface area contributed by atoms with Gasteiger partial charge in [0.25, 0.3) is 5.91 Å². The first-order chi connectivity index (χ1) is 19.2. The molecule has 4 rings (SSSR count). The Morgan fingerprint density at radius 3 is 2.52 bits per heavy atom. The summed E-state index contributed by atoms with van der Waals surface area (Å²) in [6.07, 6.45) is 1.75. The van der Waals surface area contributed by atoms with Crippen molar-refractivity contribution in [3.63, 3.8) is 0 Å². The van der Waals surface area contributed by atoms with Gasteiger partial charge < -0.3 is 30.3 Å². The van der Waals surface area contributed by atoms with Crippen LogP contribution in [-0.2, 0) is 25.5 Å². The molecule has 0 bridgehead atoms. The van der Waals surface area contributed by atoms with Crippen LogP contribution < -0.4 is 20.7 Å². The second-order valence-corrected chi connectivity index (χ2v) is 10.9. The fourth-order valence-electron chi connectivity index (χ4n) is 5.16. The summed E-state index contributed by atoms with van der Waals surface area (Å²) >= 11 is 0. The number of rotatable bonds is 5. The maximum Gasteiger partial charge on any atom is 0.255 e. The standard InChI is InChI=1S/C30H38N4O6/c1-30(2)29(38)31-21(16-20-10-5-4-6-11-20)18-40-25-14-8-7-13-23(25)27(36)32-24(17-26(35)33-30)28(37)34-15-9-12-22(34)19-39-3/h4-8,10-11,13-14,21-22,24H,9,12,15-19H2,1-3H3,(H,31,38)(H,32,36)(H,33,35)/t21-,22+,24+/m1/s1. The molecule has 1 fully saturated rings. The quantitative estimate of drug-likeness (QED) is 0.522. The maximum absolute atomic E-state index is 13.6. The molecule has 1 saturated heterocycles. The zero-order valence-electron chi connectivity index (χ0n) is 23.3. The molecule has 0 aromatic heterocycles. The zero-order chi connectivity index (χ0) is 28.7. The number of amides is 4. The van der Waals surface area contributed by atoms with Crippen molar-refractivity contribution >= 4 is 23.6 Å². The van der Waals surface area contributed by atoms with Crippen LogP contribution in [0.4, 0.5) is 0 Å². The highest BCUT2D eigenvalue weighted by Gasteiger charge is 2.38. The van der Waals surface area contributed by atoms with Gasteiger partial charge in [-0.3, -0.25) is 19.2 Å². The number of nitrogens with one attached hydrogen (secondary N) is 3. The first-order valence-electron chi connectivity index (χ1n) is 13.7. The summed E-state index contributed by atoms with van der Waals surface area (Å²) in [4.78, 5) is 55.3. The Balaban J connectivity index is 1.64. The predicted octanol–water partition coefficient (Wildman–Crippen LogP) is 1.83. The Labute approximate surface area is 234 Å². The van der Waals surface area contributed by atoms with Crippen molar-refractivity contribution in [2.45, 2.75) is 63.2 Å². The molecule has 0 saturated carbocycles. The Morgan fingerprint density at radius 2 is 1.77 bits per heavy atom. The van der Waals surface area contributed by atoms with E-state index in [1.807, 2.05) is 30.3 Å². The molecule has 2 aromatic rings. The highest BCUT2D eigenvalue weighted by atomic mass is 16.5. The first-order valence-corrected chi connectivity index (χ1v) is 13.7. The van der Waals surface area contributed by atoms with E-state index >= 15 is 0 Å². The summed E-state index contributed by atoms with van der Waals surface area (Å²) in [7, 11) is 1.58. The van der Waals surface area contributed by atoms with Crippen LogP contribution in [0.2, 0.25) is 0 Å². The number of carbonyl (C=O) groups excluding carboxylic acids is 4. The lowest BCUT2D eigenvalue weighted by Crippen LogP contribution is -2.59. The lowest BCUT2D eigenvalue weighted by molar-refractivity contribution is -0.138. The monoisotopic (exact) mass is 550 g/mol. The van der Waals surface area contributed by atoms with E-state index in [1.165, 1.54) is 0 Å². The third-order valence-corrected chi connectivity index (χ3v) is 7.26. The molecule has 3 N–H and O–H groups in total. The molecule has 0 aliphatic carbocycles. The van der Waals surface area contributed by atoms with Crippen LogP contribution >= 0.6 is 0 Å². The number of nitrogens with zero attached hydrogens (tertiary/aromatic N) is 1. The van der Waals surface area contributed by atoms with Gasteiger partial charge >= 0.3 is 0 Å². The lowest BCUT2D eigenvalue weighted by atomic mass is 10.0. The molecular weight excluding hydrogens is 512 g/mol. The average molecular weight is 551 g/mol. The van der Waals surface area contributed by atoms with Gasteiger partial charge in [-0.1, -0.05) is 42.5 Å². The number of benzene rings is 2.